The van der Waals surface area contributed by atoms with Gasteiger partial charge in [0.15, 0.2) is 5.82 Å². The number of methoxy groups -OCH3 is 1. The molecule has 0 saturated carbocycles. The molecule has 1 aliphatic heterocycles. The molecule has 2 aromatic heterocycles. The van der Waals surface area contributed by atoms with Crippen LogP contribution in [-0.2, 0) is 16.1 Å². The predicted molar refractivity (Wildman–Crippen MR) is 128 cm³/mol. The number of nitrogens with zero attached hydrogens (tertiary/aromatic N) is 4. The van der Waals surface area contributed by atoms with Crippen molar-refractivity contribution in [1.29, 1.82) is 0 Å². The third-order valence-corrected chi connectivity index (χ3v) is 6.86. The molecule has 1 aromatic carbocycles. The van der Waals surface area contributed by atoms with E-state index in [1.165, 1.54) is 0 Å². The Morgan fingerprint density at radius 2 is 2.06 bits per heavy atom. The normalized spacial score (nSPS) is 13.3. The Morgan fingerprint density at radius 3 is 2.82 bits per heavy atom. The van der Waals surface area contributed by atoms with Crippen LogP contribution in [-0.4, -0.2) is 43.3 Å². The van der Waals surface area contributed by atoms with Crippen molar-refractivity contribution in [3.8, 4) is 0 Å². The Bertz CT molecular complexity index is 1220. The zero-order valence-electron chi connectivity index (χ0n) is 19.1. The Hall–Kier alpha value is -3.17. The molecule has 0 aliphatic carbocycles. The van der Waals surface area contributed by atoms with Gasteiger partial charge in [-0.05, 0) is 57.4 Å². The van der Waals surface area contributed by atoms with Crippen LogP contribution >= 0.6 is 11.8 Å². The molecule has 0 saturated heterocycles. The van der Waals surface area contributed by atoms with Crippen molar-refractivity contribution in [1.82, 2.24) is 19.5 Å². The van der Waals surface area contributed by atoms with Crippen LogP contribution < -0.4 is 5.32 Å². The summed E-state index contributed by atoms with van der Waals surface area (Å²) in [6, 6.07) is 6.26. The van der Waals surface area contributed by atoms with E-state index < -0.39 is 5.97 Å². The molecule has 4 rings (SSSR count). The summed E-state index contributed by atoms with van der Waals surface area (Å²) >= 11 is 1.59. The number of hydrogen-bond acceptors (Lipinski definition) is 7. The van der Waals surface area contributed by atoms with Crippen molar-refractivity contribution >= 4 is 35.3 Å². The van der Waals surface area contributed by atoms with Gasteiger partial charge in [-0.25, -0.2) is 19.7 Å². The lowest BCUT2D eigenvalue weighted by Crippen LogP contribution is -2.22. The van der Waals surface area contributed by atoms with Gasteiger partial charge in [-0.15, -0.1) is 0 Å². The molecule has 0 bridgehead atoms. The van der Waals surface area contributed by atoms with E-state index in [-0.39, 0.29) is 5.60 Å². The first kappa shape index (κ1) is 23.0. The number of ether oxygens (including phenoxy) is 1. The average molecular weight is 466 g/mol. The average Bonchev–Trinajstić information content (AvgIpc) is 3.13. The van der Waals surface area contributed by atoms with E-state index in [1.807, 2.05) is 25.3 Å². The molecule has 0 amide bonds. The number of carbonyl (C=O) groups is 1. The number of nitrogens with one attached hydrogen (secondary N) is 1. The summed E-state index contributed by atoms with van der Waals surface area (Å²) in [6.45, 7) is 6.47. The van der Waals surface area contributed by atoms with Gasteiger partial charge in [0.25, 0.3) is 0 Å². The lowest BCUT2D eigenvalue weighted by Gasteiger charge is -2.22. The van der Waals surface area contributed by atoms with Crippen molar-refractivity contribution in [3.63, 3.8) is 0 Å². The highest BCUT2D eigenvalue weighted by atomic mass is 32.2. The van der Waals surface area contributed by atoms with Gasteiger partial charge in [0.1, 0.15) is 5.03 Å². The van der Waals surface area contributed by atoms with Crippen molar-refractivity contribution < 1.29 is 14.6 Å². The molecule has 3 heterocycles. The summed E-state index contributed by atoms with van der Waals surface area (Å²) in [5.41, 5.74) is 3.62. The predicted octanol–water partition coefficient (Wildman–Crippen LogP) is 4.91. The van der Waals surface area contributed by atoms with Crippen LogP contribution in [0.15, 0.2) is 52.4 Å². The minimum atomic E-state index is -0.933. The molecule has 0 radical (unpaired) electrons. The van der Waals surface area contributed by atoms with E-state index in [9.17, 15) is 9.90 Å². The quantitative estimate of drug-likeness (QED) is 0.354. The highest BCUT2D eigenvalue weighted by Crippen LogP contribution is 2.42. The van der Waals surface area contributed by atoms with Gasteiger partial charge in [-0.3, -0.25) is 0 Å². The van der Waals surface area contributed by atoms with Crippen LogP contribution in [0.5, 0.6) is 0 Å². The Morgan fingerprint density at radius 1 is 1.27 bits per heavy atom. The SMILES string of the molecule is COC(C)(C)CCC(=Cc1ncn(Cc2ccc3c(c2)Nc2nccnc2S3)c1C)C(=O)O. The first-order valence-corrected chi connectivity index (χ1v) is 11.5. The maximum Gasteiger partial charge on any atom is 0.331 e. The Balaban J connectivity index is 1.51. The largest absolute Gasteiger partial charge is 0.478 e. The summed E-state index contributed by atoms with van der Waals surface area (Å²) in [7, 11) is 1.64. The van der Waals surface area contributed by atoms with E-state index in [4.69, 9.17) is 4.74 Å². The third-order valence-electron chi connectivity index (χ3n) is 5.79. The zero-order chi connectivity index (χ0) is 23.6. The van der Waals surface area contributed by atoms with Crippen LogP contribution in [0.1, 0.15) is 43.6 Å². The first-order valence-electron chi connectivity index (χ1n) is 10.7. The minimum absolute atomic E-state index is 0.322. The molecule has 33 heavy (non-hydrogen) atoms. The fraction of sp³-hybridized carbons (Fsp3) is 0.333. The number of carboxylic acids is 1. The Labute approximate surface area is 197 Å². The molecule has 9 heteroatoms. The van der Waals surface area contributed by atoms with Gasteiger partial charge in [-0.1, -0.05) is 17.8 Å². The van der Waals surface area contributed by atoms with Crippen LogP contribution in [0, 0.1) is 6.92 Å². The summed E-state index contributed by atoms with van der Waals surface area (Å²) < 4.78 is 7.44. The molecule has 0 fully saturated rings. The first-order chi connectivity index (χ1) is 15.8. The third kappa shape index (κ3) is 5.26. The van der Waals surface area contributed by atoms with Gasteiger partial charge in [0.2, 0.25) is 0 Å². The lowest BCUT2D eigenvalue weighted by atomic mass is 9.98. The second-order valence-electron chi connectivity index (χ2n) is 8.55. The topological polar surface area (TPSA) is 102 Å². The van der Waals surface area contributed by atoms with Crippen LogP contribution in [0.3, 0.4) is 0 Å². The maximum absolute atomic E-state index is 11.8. The van der Waals surface area contributed by atoms with E-state index in [0.717, 1.165) is 32.7 Å². The van der Waals surface area contributed by atoms with E-state index in [1.54, 1.807) is 43.7 Å². The number of hydrogen-bond donors (Lipinski definition) is 2. The zero-order valence-corrected chi connectivity index (χ0v) is 19.9. The number of carboxylic acid groups (broad SMARTS) is 1. The molecule has 0 atom stereocenters. The second kappa shape index (κ2) is 9.36. The molecule has 3 aromatic rings. The summed E-state index contributed by atoms with van der Waals surface area (Å²) in [6.07, 6.45) is 7.79. The number of rotatable bonds is 8. The van der Waals surface area contributed by atoms with E-state index in [2.05, 4.69) is 38.5 Å². The van der Waals surface area contributed by atoms with Gasteiger partial charge >= 0.3 is 5.97 Å². The maximum atomic E-state index is 11.8. The molecule has 0 unspecified atom stereocenters. The number of aromatic nitrogens is 4. The molecule has 8 nitrogen and oxygen atoms in total. The highest BCUT2D eigenvalue weighted by molar-refractivity contribution is 7.99. The van der Waals surface area contributed by atoms with E-state index >= 15 is 0 Å². The van der Waals surface area contributed by atoms with E-state index in [0.29, 0.717) is 30.7 Å². The fourth-order valence-corrected chi connectivity index (χ4v) is 4.36. The minimum Gasteiger partial charge on any atom is -0.478 e. The number of imidazole rings is 1. The van der Waals surface area contributed by atoms with Crippen molar-refractivity contribution in [2.75, 3.05) is 12.4 Å². The van der Waals surface area contributed by atoms with Gasteiger partial charge < -0.3 is 19.7 Å². The number of aliphatic carboxylic acids is 1. The number of benzene rings is 1. The smallest absolute Gasteiger partial charge is 0.331 e. The van der Waals surface area contributed by atoms with Gasteiger partial charge in [0, 0.05) is 42.2 Å². The number of anilines is 2. The molecule has 1 aliphatic rings. The standard InChI is InChI=1S/C24H27N5O3S/c1-15-18(12-17(23(30)31)7-8-24(2,3)32-4)27-14-29(15)13-16-5-6-20-19(11-16)28-21-22(33-20)26-10-9-25-21/h5-6,9-12,14H,7-8,13H2,1-4H3,(H,25,28)(H,30,31). The summed E-state index contributed by atoms with van der Waals surface area (Å²) in [4.78, 5) is 26.1. The van der Waals surface area contributed by atoms with Crippen LogP contribution in [0.4, 0.5) is 11.5 Å². The van der Waals surface area contributed by atoms with Crippen molar-refractivity contribution in [2.45, 2.75) is 55.7 Å². The van der Waals surface area contributed by atoms with Gasteiger partial charge in [-0.2, -0.15) is 0 Å². The molecular weight excluding hydrogens is 438 g/mol. The molecule has 0 spiro atoms. The van der Waals surface area contributed by atoms with Crippen LogP contribution in [0.25, 0.3) is 6.08 Å². The number of fused-ring (bicyclic) bond motifs is 2. The van der Waals surface area contributed by atoms with Gasteiger partial charge in [0.05, 0.1) is 23.3 Å². The van der Waals surface area contributed by atoms with Crippen molar-refractivity contribution in [2.24, 2.45) is 0 Å². The fourth-order valence-electron chi connectivity index (χ4n) is 3.48. The highest BCUT2D eigenvalue weighted by Gasteiger charge is 2.20. The molecule has 2 N–H and O–H groups in total. The summed E-state index contributed by atoms with van der Waals surface area (Å²) in [5.74, 6) is -0.172. The second-order valence-corrected chi connectivity index (χ2v) is 9.58. The molecule has 172 valence electrons. The Kier molecular flexibility index (Phi) is 6.53. The molecular formula is C24H27N5O3S. The summed E-state index contributed by atoms with van der Waals surface area (Å²) in [5, 5.41) is 13.9. The lowest BCUT2D eigenvalue weighted by molar-refractivity contribution is -0.132. The van der Waals surface area contributed by atoms with Crippen LogP contribution in [0.2, 0.25) is 0 Å². The monoisotopic (exact) mass is 465 g/mol. The van der Waals surface area contributed by atoms with Crippen molar-refractivity contribution in [3.05, 3.63) is 59.4 Å².